The fourth-order valence-electron chi connectivity index (χ4n) is 3.91. The zero-order valence-electron chi connectivity index (χ0n) is 14.4. The average molecular weight is 372 g/mol. The summed E-state index contributed by atoms with van der Waals surface area (Å²) in [5.74, 6) is -0.267. The van der Waals surface area contributed by atoms with E-state index in [0.29, 0.717) is 30.0 Å². The zero-order valence-corrected chi connectivity index (χ0v) is 14.4. The van der Waals surface area contributed by atoms with E-state index in [1.54, 1.807) is 4.57 Å². The molecule has 0 radical (unpaired) electrons. The van der Waals surface area contributed by atoms with Gasteiger partial charge < -0.3 is 19.5 Å². The standard InChI is InChI=1S/C18H17FN4O4/c1-9-8-26-16-13-10(15(24)12-17(25)21-27-18(12)23(9)13)7-11(19)14(16)22-5-2-3-20-4-6-22/h7,20H,1-6,8H2,(H,21,25). The molecule has 0 bridgehead atoms. The fourth-order valence-corrected chi connectivity index (χ4v) is 3.91. The number of aromatic nitrogens is 2. The fraction of sp³-hybridized carbons (Fsp3) is 0.333. The van der Waals surface area contributed by atoms with E-state index >= 15 is 4.39 Å². The maximum Gasteiger partial charge on any atom is 0.293 e. The highest BCUT2D eigenvalue weighted by molar-refractivity contribution is 6.01. The minimum Gasteiger partial charge on any atom is -0.483 e. The first-order chi connectivity index (χ1) is 13.1. The van der Waals surface area contributed by atoms with Crippen molar-refractivity contribution < 1.29 is 13.7 Å². The highest BCUT2D eigenvalue weighted by Gasteiger charge is 2.30. The van der Waals surface area contributed by atoms with Gasteiger partial charge in [0, 0.05) is 19.6 Å². The van der Waals surface area contributed by atoms with Gasteiger partial charge in [0.05, 0.1) is 11.1 Å². The van der Waals surface area contributed by atoms with Crippen molar-refractivity contribution in [2.45, 2.75) is 6.42 Å². The number of hydrogen-bond acceptors (Lipinski definition) is 6. The third kappa shape index (κ3) is 2.18. The largest absolute Gasteiger partial charge is 0.483 e. The third-order valence-corrected chi connectivity index (χ3v) is 5.12. The van der Waals surface area contributed by atoms with Crippen molar-refractivity contribution in [3.63, 3.8) is 0 Å². The van der Waals surface area contributed by atoms with Gasteiger partial charge in [-0.25, -0.2) is 4.39 Å². The van der Waals surface area contributed by atoms with Crippen LogP contribution in [0.15, 0.2) is 26.8 Å². The van der Waals surface area contributed by atoms with Crippen LogP contribution in [0.4, 0.5) is 10.1 Å². The molecule has 8 nitrogen and oxygen atoms in total. The lowest BCUT2D eigenvalue weighted by molar-refractivity contribution is 0.354. The number of hydrogen-bond donors (Lipinski definition) is 2. The predicted octanol–water partition coefficient (Wildman–Crippen LogP) is 1.24. The van der Waals surface area contributed by atoms with Crippen molar-refractivity contribution in [2.24, 2.45) is 0 Å². The summed E-state index contributed by atoms with van der Waals surface area (Å²) in [6, 6.07) is 1.18. The molecule has 9 heteroatoms. The van der Waals surface area contributed by atoms with Crippen LogP contribution in [0, 0.1) is 5.82 Å². The molecule has 0 spiro atoms. The number of nitrogens with one attached hydrogen (secondary N) is 2. The number of aromatic amines is 1. The van der Waals surface area contributed by atoms with Gasteiger partial charge in [0.2, 0.25) is 11.1 Å². The normalized spacial score (nSPS) is 17.4. The van der Waals surface area contributed by atoms with Gasteiger partial charge in [-0.05, 0) is 19.0 Å². The van der Waals surface area contributed by atoms with Crippen molar-refractivity contribution >= 4 is 33.4 Å². The lowest BCUT2D eigenvalue weighted by Gasteiger charge is -2.30. The highest BCUT2D eigenvalue weighted by Crippen LogP contribution is 2.42. The van der Waals surface area contributed by atoms with Crippen LogP contribution in [-0.2, 0) is 0 Å². The smallest absolute Gasteiger partial charge is 0.293 e. The Morgan fingerprint density at radius 2 is 2.07 bits per heavy atom. The summed E-state index contributed by atoms with van der Waals surface area (Å²) in [7, 11) is 0. The first kappa shape index (κ1) is 16.1. The van der Waals surface area contributed by atoms with Gasteiger partial charge in [-0.3, -0.25) is 14.2 Å². The molecule has 2 aromatic heterocycles. The molecule has 0 aliphatic carbocycles. The van der Waals surface area contributed by atoms with E-state index in [0.717, 1.165) is 19.5 Å². The molecule has 0 unspecified atom stereocenters. The van der Waals surface area contributed by atoms with Crippen LogP contribution in [0.3, 0.4) is 0 Å². The van der Waals surface area contributed by atoms with Crippen molar-refractivity contribution in [1.82, 2.24) is 15.0 Å². The van der Waals surface area contributed by atoms with Crippen molar-refractivity contribution in [3.8, 4) is 5.75 Å². The maximum atomic E-state index is 15.1. The predicted molar refractivity (Wildman–Crippen MR) is 99.1 cm³/mol. The summed E-state index contributed by atoms with van der Waals surface area (Å²) in [5, 5.41) is 5.39. The first-order valence-electron chi connectivity index (χ1n) is 8.77. The second-order valence-corrected chi connectivity index (χ2v) is 6.76. The third-order valence-electron chi connectivity index (χ3n) is 5.12. The van der Waals surface area contributed by atoms with Gasteiger partial charge in [-0.2, -0.15) is 5.16 Å². The van der Waals surface area contributed by atoms with Gasteiger partial charge >= 0.3 is 0 Å². The van der Waals surface area contributed by atoms with E-state index < -0.39 is 16.8 Å². The van der Waals surface area contributed by atoms with E-state index in [1.807, 2.05) is 4.90 Å². The molecule has 140 valence electrons. The Hall–Kier alpha value is -3.07. The Morgan fingerprint density at radius 3 is 2.93 bits per heavy atom. The van der Waals surface area contributed by atoms with Crippen LogP contribution in [0.2, 0.25) is 0 Å². The summed E-state index contributed by atoms with van der Waals surface area (Å²) in [5.41, 5.74) is 0.0278. The van der Waals surface area contributed by atoms with Crippen LogP contribution < -0.4 is 25.9 Å². The number of anilines is 1. The van der Waals surface area contributed by atoms with Crippen LogP contribution in [-0.4, -0.2) is 42.5 Å². The molecule has 5 rings (SSSR count). The Morgan fingerprint density at radius 1 is 1.22 bits per heavy atom. The summed E-state index contributed by atoms with van der Waals surface area (Å²) < 4.78 is 27.8. The van der Waals surface area contributed by atoms with Crippen molar-refractivity contribution in [2.75, 3.05) is 37.7 Å². The number of benzene rings is 1. The van der Waals surface area contributed by atoms with E-state index in [-0.39, 0.29) is 28.8 Å². The summed E-state index contributed by atoms with van der Waals surface area (Å²) in [6.45, 7) is 6.91. The molecule has 2 aliphatic heterocycles. The van der Waals surface area contributed by atoms with Gasteiger partial charge in [0.25, 0.3) is 5.56 Å². The number of pyridine rings is 1. The number of H-pyrrole nitrogens is 1. The molecule has 1 saturated heterocycles. The Bertz CT molecular complexity index is 1210. The molecule has 4 heterocycles. The van der Waals surface area contributed by atoms with Crippen LogP contribution in [0.25, 0.3) is 27.7 Å². The molecule has 3 aromatic rings. The molecular formula is C18H17FN4O4. The number of fused-ring (bicyclic) bond motifs is 2. The van der Waals surface area contributed by atoms with Crippen LogP contribution in [0.5, 0.6) is 5.75 Å². The van der Waals surface area contributed by atoms with E-state index in [4.69, 9.17) is 9.26 Å². The number of halogens is 1. The van der Waals surface area contributed by atoms with Crippen LogP contribution >= 0.6 is 0 Å². The second-order valence-electron chi connectivity index (χ2n) is 6.76. The number of ether oxygens (including phenoxy) is 1. The molecule has 1 aromatic carbocycles. The Labute approximate surface area is 151 Å². The van der Waals surface area contributed by atoms with E-state index in [1.165, 1.54) is 6.07 Å². The average Bonchev–Trinajstić information content (AvgIpc) is 2.86. The van der Waals surface area contributed by atoms with Gasteiger partial charge in [-0.15, -0.1) is 0 Å². The summed E-state index contributed by atoms with van der Waals surface area (Å²) in [6.07, 6.45) is 0.863. The summed E-state index contributed by atoms with van der Waals surface area (Å²) in [4.78, 5) is 26.8. The molecule has 0 atom stereocenters. The Kier molecular flexibility index (Phi) is 3.41. The second kappa shape index (κ2) is 5.71. The minimum atomic E-state index is -0.649. The molecule has 1 fully saturated rings. The van der Waals surface area contributed by atoms with Crippen LogP contribution in [0.1, 0.15) is 6.42 Å². The van der Waals surface area contributed by atoms with Gasteiger partial charge in [-0.1, -0.05) is 6.58 Å². The Balaban J connectivity index is 1.92. The highest BCUT2D eigenvalue weighted by atomic mass is 19.1. The monoisotopic (exact) mass is 372 g/mol. The first-order valence-corrected chi connectivity index (χ1v) is 8.77. The van der Waals surface area contributed by atoms with E-state index in [9.17, 15) is 9.59 Å². The molecular weight excluding hydrogens is 355 g/mol. The molecule has 0 amide bonds. The molecule has 2 aliphatic rings. The molecule has 0 saturated carbocycles. The topological polar surface area (TPSA) is 92.5 Å². The summed E-state index contributed by atoms with van der Waals surface area (Å²) >= 11 is 0. The molecule has 27 heavy (non-hydrogen) atoms. The van der Waals surface area contributed by atoms with Gasteiger partial charge in [0.15, 0.2) is 17.0 Å². The number of nitrogens with zero attached hydrogens (tertiary/aromatic N) is 2. The SMILES string of the molecule is C=C1COc2c(N3CCCNCC3)c(F)cc3c(=O)c4c(=O)[nH]oc4n1c23. The lowest BCUT2D eigenvalue weighted by Crippen LogP contribution is -2.30. The van der Waals surface area contributed by atoms with E-state index in [2.05, 4.69) is 17.1 Å². The quantitative estimate of drug-likeness (QED) is 0.668. The minimum absolute atomic E-state index is 0.0689. The maximum absolute atomic E-state index is 15.1. The van der Waals surface area contributed by atoms with Crippen molar-refractivity contribution in [1.29, 1.82) is 0 Å². The number of rotatable bonds is 1. The van der Waals surface area contributed by atoms with Crippen molar-refractivity contribution in [3.05, 3.63) is 39.0 Å². The lowest BCUT2D eigenvalue weighted by atomic mass is 10.1. The zero-order chi connectivity index (χ0) is 18.7. The van der Waals surface area contributed by atoms with Gasteiger partial charge in [0.1, 0.15) is 17.8 Å². The molecule has 2 N–H and O–H groups in total.